The van der Waals surface area contributed by atoms with Crippen molar-refractivity contribution >= 4 is 10.9 Å². The van der Waals surface area contributed by atoms with Crippen molar-refractivity contribution in [2.45, 2.75) is 6.92 Å². The SMILES string of the molecule is CCOc1ccc2cc[nH]c2c1. The molecule has 0 saturated carbocycles. The van der Waals surface area contributed by atoms with E-state index in [2.05, 4.69) is 11.1 Å². The van der Waals surface area contributed by atoms with E-state index in [0.717, 1.165) is 11.3 Å². The van der Waals surface area contributed by atoms with Gasteiger partial charge in [0.15, 0.2) is 0 Å². The van der Waals surface area contributed by atoms with Crippen LogP contribution in [0.25, 0.3) is 10.9 Å². The summed E-state index contributed by atoms with van der Waals surface area (Å²) in [6.45, 7) is 2.70. The fourth-order valence-electron chi connectivity index (χ4n) is 1.28. The summed E-state index contributed by atoms with van der Waals surface area (Å²) in [5, 5.41) is 1.22. The summed E-state index contributed by atoms with van der Waals surface area (Å²) in [4.78, 5) is 3.14. The summed E-state index contributed by atoms with van der Waals surface area (Å²) < 4.78 is 5.36. The van der Waals surface area contributed by atoms with E-state index in [1.165, 1.54) is 5.39 Å². The molecule has 1 aromatic carbocycles. The van der Waals surface area contributed by atoms with E-state index in [4.69, 9.17) is 4.74 Å². The van der Waals surface area contributed by atoms with Gasteiger partial charge in [-0.15, -0.1) is 0 Å². The van der Waals surface area contributed by atoms with E-state index in [1.807, 2.05) is 31.3 Å². The molecule has 2 nitrogen and oxygen atoms in total. The van der Waals surface area contributed by atoms with Gasteiger partial charge in [-0.25, -0.2) is 0 Å². The summed E-state index contributed by atoms with van der Waals surface area (Å²) in [5.74, 6) is 0.924. The molecule has 0 atom stereocenters. The molecule has 0 radical (unpaired) electrons. The standard InChI is InChI=1S/C10H11NO/c1-2-12-9-4-3-8-5-6-11-10(8)7-9/h3-7,11H,2H2,1H3. The molecule has 0 aliphatic carbocycles. The molecule has 62 valence electrons. The average molecular weight is 161 g/mol. The van der Waals surface area contributed by atoms with Crippen molar-refractivity contribution in [1.82, 2.24) is 4.98 Å². The van der Waals surface area contributed by atoms with E-state index in [0.29, 0.717) is 6.61 Å². The van der Waals surface area contributed by atoms with E-state index in [1.54, 1.807) is 0 Å². The van der Waals surface area contributed by atoms with Crippen molar-refractivity contribution in [2.24, 2.45) is 0 Å². The zero-order valence-corrected chi connectivity index (χ0v) is 7.00. The van der Waals surface area contributed by atoms with Gasteiger partial charge in [0, 0.05) is 17.8 Å². The predicted molar refractivity (Wildman–Crippen MR) is 49.5 cm³/mol. The number of H-pyrrole nitrogens is 1. The lowest BCUT2D eigenvalue weighted by Crippen LogP contribution is -1.90. The molecule has 1 heterocycles. The minimum absolute atomic E-state index is 0.714. The fraction of sp³-hybridized carbons (Fsp3) is 0.200. The van der Waals surface area contributed by atoms with Gasteiger partial charge in [0.25, 0.3) is 0 Å². The first-order chi connectivity index (χ1) is 5.90. The zero-order valence-electron chi connectivity index (χ0n) is 7.00. The summed E-state index contributed by atoms with van der Waals surface area (Å²) in [7, 11) is 0. The second-order valence-electron chi connectivity index (χ2n) is 2.66. The summed E-state index contributed by atoms with van der Waals surface area (Å²) in [6.07, 6.45) is 1.93. The lowest BCUT2D eigenvalue weighted by atomic mass is 10.2. The highest BCUT2D eigenvalue weighted by Gasteiger charge is 1.95. The first-order valence-electron chi connectivity index (χ1n) is 4.10. The maximum absolute atomic E-state index is 5.36. The third-order valence-electron chi connectivity index (χ3n) is 1.84. The van der Waals surface area contributed by atoms with E-state index >= 15 is 0 Å². The second kappa shape index (κ2) is 2.89. The number of aromatic nitrogens is 1. The minimum atomic E-state index is 0.714. The van der Waals surface area contributed by atoms with Crippen LogP contribution >= 0.6 is 0 Å². The van der Waals surface area contributed by atoms with Crippen LogP contribution in [0.2, 0.25) is 0 Å². The van der Waals surface area contributed by atoms with Crippen molar-refractivity contribution in [3.05, 3.63) is 30.5 Å². The van der Waals surface area contributed by atoms with Crippen molar-refractivity contribution in [2.75, 3.05) is 6.61 Å². The number of rotatable bonds is 2. The van der Waals surface area contributed by atoms with Gasteiger partial charge in [-0.05, 0) is 30.5 Å². The number of hydrogen-bond acceptors (Lipinski definition) is 1. The van der Waals surface area contributed by atoms with Crippen LogP contribution in [0.3, 0.4) is 0 Å². The van der Waals surface area contributed by atoms with Crippen LogP contribution in [0.15, 0.2) is 30.5 Å². The molecule has 0 unspecified atom stereocenters. The molecule has 1 aromatic heterocycles. The molecule has 0 saturated heterocycles. The molecule has 0 amide bonds. The van der Waals surface area contributed by atoms with Crippen molar-refractivity contribution in [3.8, 4) is 5.75 Å². The predicted octanol–water partition coefficient (Wildman–Crippen LogP) is 2.57. The lowest BCUT2D eigenvalue weighted by Gasteiger charge is -2.01. The van der Waals surface area contributed by atoms with Gasteiger partial charge in [0.05, 0.1) is 6.61 Å². The van der Waals surface area contributed by atoms with Gasteiger partial charge in [-0.2, -0.15) is 0 Å². The van der Waals surface area contributed by atoms with Crippen LogP contribution in [0.1, 0.15) is 6.92 Å². The zero-order chi connectivity index (χ0) is 8.39. The molecular weight excluding hydrogens is 150 g/mol. The van der Waals surface area contributed by atoms with E-state index in [-0.39, 0.29) is 0 Å². The van der Waals surface area contributed by atoms with Crippen LogP contribution in [-0.2, 0) is 0 Å². The highest BCUT2D eigenvalue weighted by atomic mass is 16.5. The third-order valence-corrected chi connectivity index (χ3v) is 1.84. The van der Waals surface area contributed by atoms with Crippen LogP contribution in [0, 0.1) is 0 Å². The molecule has 0 aliphatic heterocycles. The Bertz CT molecular complexity index is 378. The third kappa shape index (κ3) is 1.16. The summed E-state index contributed by atoms with van der Waals surface area (Å²) in [5.41, 5.74) is 1.13. The number of fused-ring (bicyclic) bond motifs is 1. The number of benzene rings is 1. The Morgan fingerprint density at radius 2 is 2.25 bits per heavy atom. The molecular formula is C10H11NO. The normalized spacial score (nSPS) is 10.4. The Hall–Kier alpha value is -1.44. The Morgan fingerprint density at radius 3 is 3.08 bits per heavy atom. The summed E-state index contributed by atoms with van der Waals surface area (Å²) >= 11 is 0. The molecule has 0 aliphatic rings. The molecule has 0 spiro atoms. The van der Waals surface area contributed by atoms with Gasteiger partial charge >= 0.3 is 0 Å². The van der Waals surface area contributed by atoms with E-state index < -0.39 is 0 Å². The monoisotopic (exact) mass is 161 g/mol. The van der Waals surface area contributed by atoms with Gasteiger partial charge in [-0.3, -0.25) is 0 Å². The highest BCUT2D eigenvalue weighted by molar-refractivity contribution is 5.80. The average Bonchev–Trinajstić information content (AvgIpc) is 2.51. The molecule has 2 heteroatoms. The maximum Gasteiger partial charge on any atom is 0.121 e. The molecule has 1 N–H and O–H groups in total. The molecule has 2 aromatic rings. The van der Waals surface area contributed by atoms with Gasteiger partial charge in [-0.1, -0.05) is 0 Å². The smallest absolute Gasteiger partial charge is 0.121 e. The van der Waals surface area contributed by atoms with Crippen LogP contribution in [0.4, 0.5) is 0 Å². The Kier molecular flexibility index (Phi) is 1.74. The number of nitrogens with one attached hydrogen (secondary N) is 1. The number of ether oxygens (including phenoxy) is 1. The van der Waals surface area contributed by atoms with Gasteiger partial charge in [0.1, 0.15) is 5.75 Å². The molecule has 0 bridgehead atoms. The first-order valence-corrected chi connectivity index (χ1v) is 4.10. The number of aromatic amines is 1. The van der Waals surface area contributed by atoms with Crippen molar-refractivity contribution in [1.29, 1.82) is 0 Å². The quantitative estimate of drug-likeness (QED) is 0.719. The minimum Gasteiger partial charge on any atom is -0.494 e. The van der Waals surface area contributed by atoms with Crippen molar-refractivity contribution < 1.29 is 4.74 Å². The molecule has 12 heavy (non-hydrogen) atoms. The largest absolute Gasteiger partial charge is 0.494 e. The van der Waals surface area contributed by atoms with Crippen LogP contribution < -0.4 is 4.74 Å². The fourth-order valence-corrected chi connectivity index (χ4v) is 1.28. The first kappa shape index (κ1) is 7.22. The Labute approximate surface area is 71.2 Å². The molecule has 2 rings (SSSR count). The molecule has 0 fully saturated rings. The Balaban J connectivity index is 2.46. The van der Waals surface area contributed by atoms with Crippen molar-refractivity contribution in [3.63, 3.8) is 0 Å². The second-order valence-corrected chi connectivity index (χ2v) is 2.66. The van der Waals surface area contributed by atoms with Crippen LogP contribution in [-0.4, -0.2) is 11.6 Å². The maximum atomic E-state index is 5.36. The number of hydrogen-bond donors (Lipinski definition) is 1. The topological polar surface area (TPSA) is 25.0 Å². The van der Waals surface area contributed by atoms with E-state index in [9.17, 15) is 0 Å². The lowest BCUT2D eigenvalue weighted by molar-refractivity contribution is 0.340. The van der Waals surface area contributed by atoms with Crippen LogP contribution in [0.5, 0.6) is 5.75 Å². The Morgan fingerprint density at radius 1 is 1.33 bits per heavy atom. The summed E-state index contributed by atoms with van der Waals surface area (Å²) in [6, 6.07) is 8.10. The van der Waals surface area contributed by atoms with Gasteiger partial charge in [0.2, 0.25) is 0 Å². The van der Waals surface area contributed by atoms with Gasteiger partial charge < -0.3 is 9.72 Å². The highest BCUT2D eigenvalue weighted by Crippen LogP contribution is 2.18.